The van der Waals surface area contributed by atoms with Crippen molar-refractivity contribution >= 4 is 21.1 Å². The summed E-state index contributed by atoms with van der Waals surface area (Å²) in [7, 11) is -4.07. The number of hydrogen-bond acceptors (Lipinski definition) is 5. The lowest BCUT2D eigenvalue weighted by molar-refractivity contribution is -0.137. The molecule has 3 aromatic rings. The number of fused-ring (bicyclic) bond motifs is 1. The number of nitrogens with zero attached hydrogens (tertiary/aromatic N) is 4. The highest BCUT2D eigenvalue weighted by atomic mass is 32.2. The second-order valence-electron chi connectivity index (χ2n) is 6.99. The van der Waals surface area contributed by atoms with Crippen LogP contribution in [0.15, 0.2) is 58.6 Å². The highest BCUT2D eigenvalue weighted by molar-refractivity contribution is 7.89. The third kappa shape index (κ3) is 3.70. The molecule has 1 saturated heterocycles. The van der Waals surface area contributed by atoms with Gasteiger partial charge in [0.1, 0.15) is 6.33 Å². The van der Waals surface area contributed by atoms with Crippen molar-refractivity contribution in [1.82, 2.24) is 18.8 Å². The number of benzene rings is 1. The van der Waals surface area contributed by atoms with Crippen molar-refractivity contribution in [1.29, 1.82) is 0 Å². The predicted octanol–water partition coefficient (Wildman–Crippen LogP) is 2.84. The first-order valence-electron chi connectivity index (χ1n) is 9.17. The van der Waals surface area contributed by atoms with Crippen LogP contribution >= 0.6 is 0 Å². The van der Waals surface area contributed by atoms with Gasteiger partial charge in [0, 0.05) is 25.3 Å². The molecular formula is C19H17F3N4O3S. The summed E-state index contributed by atoms with van der Waals surface area (Å²) < 4.78 is 67.1. The SMILES string of the molecule is O=c1c2cccnc2ncn1C1CCN(S(=O)(=O)c2cccc(C(F)(F)F)c2)CC1. The van der Waals surface area contributed by atoms with E-state index in [-0.39, 0.29) is 24.7 Å². The zero-order valence-electron chi connectivity index (χ0n) is 15.6. The van der Waals surface area contributed by atoms with Crippen LogP contribution in [0.4, 0.5) is 13.2 Å². The topological polar surface area (TPSA) is 85.2 Å². The van der Waals surface area contributed by atoms with E-state index in [1.165, 1.54) is 17.1 Å². The van der Waals surface area contributed by atoms with Gasteiger partial charge in [-0.25, -0.2) is 18.4 Å². The third-order valence-electron chi connectivity index (χ3n) is 5.17. The largest absolute Gasteiger partial charge is 0.416 e. The molecule has 4 rings (SSSR count). The Morgan fingerprint density at radius 3 is 2.47 bits per heavy atom. The fourth-order valence-electron chi connectivity index (χ4n) is 3.58. The summed E-state index contributed by atoms with van der Waals surface area (Å²) in [5.41, 5.74) is -0.934. The number of alkyl halides is 3. The van der Waals surface area contributed by atoms with E-state index in [1.54, 1.807) is 12.1 Å². The fourth-order valence-corrected chi connectivity index (χ4v) is 5.09. The molecule has 30 heavy (non-hydrogen) atoms. The Morgan fingerprint density at radius 2 is 1.77 bits per heavy atom. The first-order chi connectivity index (χ1) is 14.2. The molecule has 1 aliphatic heterocycles. The van der Waals surface area contributed by atoms with Crippen molar-refractivity contribution < 1.29 is 21.6 Å². The van der Waals surface area contributed by atoms with Crippen LogP contribution in [0.25, 0.3) is 11.0 Å². The highest BCUT2D eigenvalue weighted by Gasteiger charge is 2.34. The Morgan fingerprint density at radius 1 is 1.03 bits per heavy atom. The summed E-state index contributed by atoms with van der Waals surface area (Å²) in [6.07, 6.45) is -1.01. The second kappa shape index (κ2) is 7.47. The number of rotatable bonds is 3. The number of halogens is 3. The summed E-state index contributed by atoms with van der Waals surface area (Å²) in [5.74, 6) is 0. The molecule has 1 aromatic carbocycles. The van der Waals surface area contributed by atoms with Gasteiger partial charge in [0.25, 0.3) is 5.56 Å². The van der Waals surface area contributed by atoms with Crippen LogP contribution in [0.3, 0.4) is 0 Å². The third-order valence-corrected chi connectivity index (χ3v) is 7.07. The molecule has 0 N–H and O–H groups in total. The molecule has 0 saturated carbocycles. The van der Waals surface area contributed by atoms with E-state index in [2.05, 4.69) is 9.97 Å². The smallest absolute Gasteiger partial charge is 0.295 e. The number of pyridine rings is 1. The molecule has 0 unspecified atom stereocenters. The molecule has 11 heteroatoms. The molecule has 0 bridgehead atoms. The minimum atomic E-state index is -4.63. The molecule has 0 spiro atoms. The monoisotopic (exact) mass is 438 g/mol. The molecule has 1 fully saturated rings. The van der Waals surface area contributed by atoms with Crippen molar-refractivity contribution in [3.8, 4) is 0 Å². The van der Waals surface area contributed by atoms with Crippen molar-refractivity contribution in [2.45, 2.75) is 30.0 Å². The lowest BCUT2D eigenvalue weighted by Crippen LogP contribution is -2.40. The van der Waals surface area contributed by atoms with Gasteiger partial charge in [0.2, 0.25) is 10.0 Å². The molecule has 0 amide bonds. The summed E-state index contributed by atoms with van der Waals surface area (Å²) in [5, 5.41) is 0.374. The van der Waals surface area contributed by atoms with Gasteiger partial charge in [-0.1, -0.05) is 6.07 Å². The summed E-state index contributed by atoms with van der Waals surface area (Å²) >= 11 is 0. The average Bonchev–Trinajstić information content (AvgIpc) is 2.74. The molecule has 0 atom stereocenters. The Hall–Kier alpha value is -2.79. The van der Waals surface area contributed by atoms with Crippen LogP contribution in [-0.4, -0.2) is 40.3 Å². The van der Waals surface area contributed by atoms with E-state index in [1.807, 2.05) is 0 Å². The number of hydrogen-bond donors (Lipinski definition) is 0. The number of aromatic nitrogens is 3. The maximum atomic E-state index is 12.9. The van der Waals surface area contributed by atoms with Crippen LogP contribution in [0.5, 0.6) is 0 Å². The standard InChI is InChI=1S/C19H17F3N4O3S/c20-19(21,22)13-3-1-4-15(11-13)30(28,29)25-9-6-14(7-10-25)26-12-24-17-16(18(26)27)5-2-8-23-17/h1-5,8,11-12,14H,6-7,9-10H2. The summed E-state index contributed by atoms with van der Waals surface area (Å²) in [6, 6.07) is 6.72. The normalized spacial score (nSPS) is 16.8. The van der Waals surface area contributed by atoms with Crippen molar-refractivity contribution in [3.05, 3.63) is 64.8 Å². The van der Waals surface area contributed by atoms with E-state index in [4.69, 9.17) is 0 Å². The van der Waals surface area contributed by atoms with Crippen LogP contribution < -0.4 is 5.56 Å². The maximum absolute atomic E-state index is 12.9. The Labute approximate surface area is 169 Å². The lowest BCUT2D eigenvalue weighted by Gasteiger charge is -2.32. The van der Waals surface area contributed by atoms with E-state index >= 15 is 0 Å². The first kappa shape index (κ1) is 20.5. The zero-order valence-corrected chi connectivity index (χ0v) is 16.4. The van der Waals surface area contributed by atoms with Gasteiger partial charge in [0.15, 0.2) is 5.65 Å². The molecule has 7 nitrogen and oxygen atoms in total. The molecule has 2 aromatic heterocycles. The zero-order chi connectivity index (χ0) is 21.5. The van der Waals surface area contributed by atoms with Crippen LogP contribution in [0.2, 0.25) is 0 Å². The minimum Gasteiger partial charge on any atom is -0.295 e. The lowest BCUT2D eigenvalue weighted by atomic mass is 10.1. The van der Waals surface area contributed by atoms with Gasteiger partial charge in [-0.15, -0.1) is 0 Å². The maximum Gasteiger partial charge on any atom is 0.416 e. The number of piperidine rings is 1. The van der Waals surface area contributed by atoms with Crippen molar-refractivity contribution in [3.63, 3.8) is 0 Å². The van der Waals surface area contributed by atoms with E-state index < -0.39 is 26.7 Å². The Bertz CT molecular complexity index is 1250. The Kier molecular flexibility index (Phi) is 5.10. The van der Waals surface area contributed by atoms with Crippen molar-refractivity contribution in [2.75, 3.05) is 13.1 Å². The predicted molar refractivity (Wildman–Crippen MR) is 102 cm³/mol. The van der Waals surface area contributed by atoms with E-state index in [0.29, 0.717) is 29.9 Å². The molecule has 0 radical (unpaired) electrons. The van der Waals surface area contributed by atoms with Gasteiger partial charge in [-0.3, -0.25) is 9.36 Å². The second-order valence-corrected chi connectivity index (χ2v) is 8.93. The van der Waals surface area contributed by atoms with Crippen LogP contribution in [0.1, 0.15) is 24.4 Å². The quantitative estimate of drug-likeness (QED) is 0.628. The summed E-state index contributed by atoms with van der Waals surface area (Å²) in [4.78, 5) is 20.5. The Balaban J connectivity index is 1.55. The molecule has 3 heterocycles. The van der Waals surface area contributed by atoms with Crippen molar-refractivity contribution in [2.24, 2.45) is 0 Å². The van der Waals surface area contributed by atoms with Gasteiger partial charge in [-0.05, 0) is 43.2 Å². The average molecular weight is 438 g/mol. The van der Waals surface area contributed by atoms with Crippen LogP contribution in [0, 0.1) is 0 Å². The van der Waals surface area contributed by atoms with Gasteiger partial charge >= 0.3 is 6.18 Å². The van der Waals surface area contributed by atoms with E-state index in [9.17, 15) is 26.4 Å². The van der Waals surface area contributed by atoms with Gasteiger partial charge < -0.3 is 0 Å². The summed E-state index contributed by atoms with van der Waals surface area (Å²) in [6.45, 7) is 0.168. The fraction of sp³-hybridized carbons (Fsp3) is 0.316. The van der Waals surface area contributed by atoms with E-state index in [0.717, 1.165) is 22.5 Å². The molecule has 1 aliphatic rings. The minimum absolute atomic E-state index is 0.0841. The van der Waals surface area contributed by atoms with Gasteiger partial charge in [0.05, 0.1) is 15.8 Å². The molecule has 158 valence electrons. The van der Waals surface area contributed by atoms with Gasteiger partial charge in [-0.2, -0.15) is 17.5 Å². The first-order valence-corrected chi connectivity index (χ1v) is 10.6. The highest BCUT2D eigenvalue weighted by Crippen LogP contribution is 2.32. The van der Waals surface area contributed by atoms with Crippen LogP contribution in [-0.2, 0) is 16.2 Å². The molecular weight excluding hydrogens is 421 g/mol. The molecule has 0 aliphatic carbocycles. The number of sulfonamides is 1.